The fourth-order valence-corrected chi connectivity index (χ4v) is 3.07. The molecule has 2 heterocycles. The van der Waals surface area contributed by atoms with E-state index in [1.165, 1.54) is 0 Å². The van der Waals surface area contributed by atoms with Gasteiger partial charge in [-0.2, -0.15) is 0 Å². The Morgan fingerprint density at radius 3 is 2.12 bits per heavy atom. The van der Waals surface area contributed by atoms with Crippen molar-refractivity contribution < 1.29 is 4.42 Å². The van der Waals surface area contributed by atoms with Crippen LogP contribution < -0.4 is 5.32 Å². The third-order valence-electron chi connectivity index (χ3n) is 4.32. The second-order valence-corrected chi connectivity index (χ2v) is 6.04. The smallest absolute Gasteiger partial charge is 0.209 e. The molecule has 1 fully saturated rings. The molecule has 1 N–H and O–H groups in total. The van der Waals surface area contributed by atoms with Crippen LogP contribution in [0.4, 0.5) is 0 Å². The van der Waals surface area contributed by atoms with Crippen LogP contribution in [0.3, 0.4) is 0 Å². The second-order valence-electron chi connectivity index (χ2n) is 6.04. The number of piperazine rings is 1. The highest BCUT2D eigenvalue weighted by Crippen LogP contribution is 2.32. The van der Waals surface area contributed by atoms with Crippen LogP contribution in [0.5, 0.6) is 0 Å². The van der Waals surface area contributed by atoms with Gasteiger partial charge in [0.15, 0.2) is 5.76 Å². The van der Waals surface area contributed by atoms with Gasteiger partial charge in [0.2, 0.25) is 5.89 Å². The number of halogens is 1. The second kappa shape index (κ2) is 8.30. The molecule has 1 aliphatic heterocycles. The highest BCUT2D eigenvalue weighted by atomic mass is 35.5. The van der Waals surface area contributed by atoms with Crippen molar-refractivity contribution in [3.05, 3.63) is 66.6 Å². The van der Waals surface area contributed by atoms with Gasteiger partial charge in [0.05, 0.1) is 6.54 Å². The van der Waals surface area contributed by atoms with E-state index in [9.17, 15) is 0 Å². The summed E-state index contributed by atoms with van der Waals surface area (Å²) in [6.07, 6.45) is 0. The molecule has 1 aliphatic rings. The molecule has 0 bridgehead atoms. The molecule has 0 atom stereocenters. The Hall–Kier alpha value is -2.14. The molecule has 0 aliphatic carbocycles. The summed E-state index contributed by atoms with van der Waals surface area (Å²) >= 11 is 0. The Morgan fingerprint density at radius 1 is 0.880 bits per heavy atom. The van der Waals surface area contributed by atoms with E-state index in [0.717, 1.165) is 61.2 Å². The van der Waals surface area contributed by atoms with Crippen molar-refractivity contribution in [2.45, 2.75) is 6.54 Å². The minimum Gasteiger partial charge on any atom is -0.439 e. The van der Waals surface area contributed by atoms with Crippen molar-refractivity contribution in [1.82, 2.24) is 15.2 Å². The number of hydrogen-bond donors (Lipinski definition) is 1. The van der Waals surface area contributed by atoms with E-state index in [-0.39, 0.29) is 12.4 Å². The van der Waals surface area contributed by atoms with Gasteiger partial charge in [0.1, 0.15) is 5.69 Å². The molecular weight excluding hydrogens is 334 g/mol. The zero-order chi connectivity index (χ0) is 16.2. The lowest BCUT2D eigenvalue weighted by Gasteiger charge is -2.25. The van der Waals surface area contributed by atoms with Crippen molar-refractivity contribution in [1.29, 1.82) is 0 Å². The lowest BCUT2D eigenvalue weighted by atomic mass is 10.1. The topological polar surface area (TPSA) is 41.3 Å². The highest BCUT2D eigenvalue weighted by Gasteiger charge is 2.19. The molecule has 0 unspecified atom stereocenters. The minimum absolute atomic E-state index is 0. The van der Waals surface area contributed by atoms with Crippen LogP contribution in [-0.2, 0) is 6.54 Å². The minimum atomic E-state index is 0. The summed E-state index contributed by atoms with van der Waals surface area (Å²) < 4.78 is 6.18. The fraction of sp³-hybridized carbons (Fsp3) is 0.250. The summed E-state index contributed by atoms with van der Waals surface area (Å²) in [6, 6.07) is 20.5. The first-order chi connectivity index (χ1) is 11.9. The largest absolute Gasteiger partial charge is 0.439 e. The summed E-state index contributed by atoms with van der Waals surface area (Å²) in [5.74, 6) is 1.64. The molecule has 0 saturated carbocycles. The lowest BCUT2D eigenvalue weighted by Crippen LogP contribution is -2.42. The first-order valence-corrected chi connectivity index (χ1v) is 8.44. The van der Waals surface area contributed by atoms with Gasteiger partial charge >= 0.3 is 0 Å². The van der Waals surface area contributed by atoms with Crippen LogP contribution in [0.2, 0.25) is 0 Å². The van der Waals surface area contributed by atoms with Crippen LogP contribution in [0.1, 0.15) is 5.89 Å². The van der Waals surface area contributed by atoms with Crippen molar-refractivity contribution in [2.75, 3.05) is 26.2 Å². The zero-order valence-corrected chi connectivity index (χ0v) is 14.8. The lowest BCUT2D eigenvalue weighted by molar-refractivity contribution is 0.213. The van der Waals surface area contributed by atoms with E-state index < -0.39 is 0 Å². The molecule has 1 saturated heterocycles. The number of nitrogens with zero attached hydrogens (tertiary/aromatic N) is 2. The maximum atomic E-state index is 6.18. The summed E-state index contributed by atoms with van der Waals surface area (Å²) in [4.78, 5) is 7.20. The predicted octanol–water partition coefficient (Wildman–Crippen LogP) is 3.84. The summed E-state index contributed by atoms with van der Waals surface area (Å²) in [5, 5.41) is 3.38. The number of rotatable bonds is 4. The van der Waals surface area contributed by atoms with E-state index in [1.54, 1.807) is 0 Å². The fourth-order valence-electron chi connectivity index (χ4n) is 3.07. The average Bonchev–Trinajstić information content (AvgIpc) is 3.08. The third kappa shape index (κ3) is 4.10. The Balaban J connectivity index is 0.00000182. The Labute approximate surface area is 154 Å². The Kier molecular flexibility index (Phi) is 5.87. The number of oxazole rings is 1. The standard InChI is InChI=1S/C20H21N3O.ClH/c1-3-7-16(8-4-1)19-20(17-9-5-2-6-10-17)24-18(22-19)15-23-13-11-21-12-14-23;/h1-10,21H,11-15H2;1H. The number of hydrogen-bond acceptors (Lipinski definition) is 4. The van der Waals surface area contributed by atoms with E-state index >= 15 is 0 Å². The van der Waals surface area contributed by atoms with Gasteiger partial charge in [0, 0.05) is 37.3 Å². The molecule has 4 rings (SSSR count). The molecule has 1 aromatic heterocycles. The van der Waals surface area contributed by atoms with Gasteiger partial charge < -0.3 is 9.73 Å². The van der Waals surface area contributed by atoms with Crippen molar-refractivity contribution in [2.24, 2.45) is 0 Å². The van der Waals surface area contributed by atoms with Crippen LogP contribution in [0, 0.1) is 0 Å². The van der Waals surface area contributed by atoms with Crippen LogP contribution in [-0.4, -0.2) is 36.1 Å². The van der Waals surface area contributed by atoms with Gasteiger partial charge in [-0.25, -0.2) is 4.98 Å². The summed E-state index contributed by atoms with van der Waals surface area (Å²) in [5.41, 5.74) is 3.08. The van der Waals surface area contributed by atoms with Crippen LogP contribution >= 0.6 is 12.4 Å². The number of benzene rings is 2. The third-order valence-corrected chi connectivity index (χ3v) is 4.32. The normalized spacial score (nSPS) is 14.9. The SMILES string of the molecule is Cl.c1ccc(-c2nc(CN3CCNCC3)oc2-c2ccccc2)cc1. The monoisotopic (exact) mass is 355 g/mol. The molecular formula is C20H22ClN3O. The van der Waals surface area contributed by atoms with Gasteiger partial charge in [-0.1, -0.05) is 60.7 Å². The Morgan fingerprint density at radius 2 is 1.48 bits per heavy atom. The van der Waals surface area contributed by atoms with Gasteiger partial charge in [-0.3, -0.25) is 4.90 Å². The van der Waals surface area contributed by atoms with Crippen molar-refractivity contribution in [3.63, 3.8) is 0 Å². The zero-order valence-electron chi connectivity index (χ0n) is 14.0. The van der Waals surface area contributed by atoms with Gasteiger partial charge in [-0.15, -0.1) is 12.4 Å². The van der Waals surface area contributed by atoms with Crippen molar-refractivity contribution >= 4 is 12.4 Å². The number of aromatic nitrogens is 1. The van der Waals surface area contributed by atoms with Gasteiger partial charge in [-0.05, 0) is 0 Å². The quantitative estimate of drug-likeness (QED) is 0.772. The van der Waals surface area contributed by atoms with E-state index in [1.807, 2.05) is 36.4 Å². The van der Waals surface area contributed by atoms with Crippen molar-refractivity contribution in [3.8, 4) is 22.6 Å². The summed E-state index contributed by atoms with van der Waals surface area (Å²) in [7, 11) is 0. The maximum absolute atomic E-state index is 6.18. The summed E-state index contributed by atoms with van der Waals surface area (Å²) in [6.45, 7) is 4.87. The molecule has 2 aromatic carbocycles. The molecule has 130 valence electrons. The molecule has 4 nitrogen and oxygen atoms in total. The molecule has 25 heavy (non-hydrogen) atoms. The van der Waals surface area contributed by atoms with Crippen LogP contribution in [0.15, 0.2) is 65.1 Å². The predicted molar refractivity (Wildman–Crippen MR) is 103 cm³/mol. The van der Waals surface area contributed by atoms with E-state index in [0.29, 0.717) is 0 Å². The number of nitrogens with one attached hydrogen (secondary N) is 1. The van der Waals surface area contributed by atoms with E-state index in [2.05, 4.69) is 34.5 Å². The highest BCUT2D eigenvalue weighted by molar-refractivity contribution is 5.85. The molecule has 3 aromatic rings. The molecule has 0 amide bonds. The molecule has 0 spiro atoms. The first kappa shape index (κ1) is 17.7. The first-order valence-electron chi connectivity index (χ1n) is 8.44. The Bertz CT molecular complexity index is 726. The molecule has 5 heteroatoms. The van der Waals surface area contributed by atoms with Gasteiger partial charge in [0.25, 0.3) is 0 Å². The van der Waals surface area contributed by atoms with Crippen LogP contribution in [0.25, 0.3) is 22.6 Å². The molecule has 0 radical (unpaired) electrons. The maximum Gasteiger partial charge on any atom is 0.209 e. The average molecular weight is 356 g/mol. The van der Waals surface area contributed by atoms with E-state index in [4.69, 9.17) is 9.40 Å².